The van der Waals surface area contributed by atoms with E-state index in [2.05, 4.69) is 49.9 Å². The van der Waals surface area contributed by atoms with Gasteiger partial charge in [0, 0.05) is 12.1 Å². The third-order valence-electron chi connectivity index (χ3n) is 8.54. The van der Waals surface area contributed by atoms with Gasteiger partial charge in [-0.05, 0) is 92.0 Å². The van der Waals surface area contributed by atoms with Gasteiger partial charge in [0.2, 0.25) is 10.0 Å². The highest BCUT2D eigenvalue weighted by Crippen LogP contribution is 2.45. The summed E-state index contributed by atoms with van der Waals surface area (Å²) in [5.41, 5.74) is 4.04. The summed E-state index contributed by atoms with van der Waals surface area (Å²) in [6.07, 6.45) is 2.80. The Labute approximate surface area is 277 Å². The van der Waals surface area contributed by atoms with Gasteiger partial charge in [-0.2, -0.15) is 0 Å². The summed E-state index contributed by atoms with van der Waals surface area (Å²) in [5, 5.41) is 3.44. The van der Waals surface area contributed by atoms with Crippen molar-refractivity contribution in [2.24, 2.45) is 0 Å². The number of carbonyl (C=O) groups excluding carboxylic acids is 1. The van der Waals surface area contributed by atoms with Crippen LogP contribution in [0.1, 0.15) is 69.2 Å². The average molecular weight is 669 g/mol. The fraction of sp³-hybridized carbons (Fsp3) is 0.472. The molecule has 252 valence electrons. The van der Waals surface area contributed by atoms with Gasteiger partial charge in [0.1, 0.15) is 12.4 Å². The lowest BCUT2D eigenvalue weighted by atomic mass is 9.87. The van der Waals surface area contributed by atoms with Crippen LogP contribution in [-0.2, 0) is 39.0 Å². The molecule has 0 aliphatic heterocycles. The Morgan fingerprint density at radius 1 is 0.935 bits per heavy atom. The van der Waals surface area contributed by atoms with Crippen LogP contribution in [-0.4, -0.2) is 52.4 Å². The molecular weight excluding hydrogens is 617 g/mol. The normalized spacial score (nSPS) is 13.2. The van der Waals surface area contributed by atoms with E-state index in [4.69, 9.17) is 9.47 Å². The highest BCUT2D eigenvalue weighted by Gasteiger charge is 2.40. The van der Waals surface area contributed by atoms with Gasteiger partial charge < -0.3 is 19.6 Å². The van der Waals surface area contributed by atoms with Crippen molar-refractivity contribution >= 4 is 30.0 Å². The zero-order valence-corrected chi connectivity index (χ0v) is 30.5. The lowest BCUT2D eigenvalue weighted by Gasteiger charge is -2.39. The molecule has 0 fully saturated rings. The molecule has 3 N–H and O–H groups in total. The van der Waals surface area contributed by atoms with E-state index in [0.717, 1.165) is 34.9 Å². The molecule has 0 radical (unpaired) electrons. The second kappa shape index (κ2) is 15.6. The van der Waals surface area contributed by atoms with Gasteiger partial charge in [-0.15, -0.1) is 0 Å². The highest BCUT2D eigenvalue weighted by molar-refractivity contribution is 7.92. The van der Waals surface area contributed by atoms with E-state index in [0.29, 0.717) is 37.6 Å². The lowest BCUT2D eigenvalue weighted by Crippen LogP contribution is -2.45. The van der Waals surface area contributed by atoms with E-state index in [1.54, 1.807) is 6.92 Å². The quantitative estimate of drug-likeness (QED) is 0.107. The van der Waals surface area contributed by atoms with E-state index in [1.165, 1.54) is 0 Å². The predicted molar refractivity (Wildman–Crippen MR) is 189 cm³/mol. The van der Waals surface area contributed by atoms with E-state index >= 15 is 0 Å². The van der Waals surface area contributed by atoms with E-state index in [-0.39, 0.29) is 28.9 Å². The number of ether oxygens (including phenoxy) is 2. The van der Waals surface area contributed by atoms with Crippen molar-refractivity contribution < 1.29 is 27.5 Å². The van der Waals surface area contributed by atoms with E-state index < -0.39 is 18.3 Å². The third-order valence-corrected chi connectivity index (χ3v) is 12.6. The van der Waals surface area contributed by atoms with Crippen molar-refractivity contribution in [3.05, 3.63) is 95.1 Å². The highest BCUT2D eigenvalue weighted by atomic mass is 32.2. The molecule has 0 amide bonds. The number of nitrogens with one attached hydrogen (secondary N) is 2. The molecule has 1 atom stereocenters. The first-order chi connectivity index (χ1) is 21.4. The molecule has 0 aliphatic carbocycles. The molecule has 0 bridgehead atoms. The Hall–Kier alpha value is -3.18. The fourth-order valence-corrected chi connectivity index (χ4v) is 6.62. The predicted octanol–water partition coefficient (Wildman–Crippen LogP) is 6.80. The standard InChI is InChI=1S/C36H52N2O6SSi/c1-9-43-34(39)21-28-16-13-17-29(20-28)23-35(2,3)37-25-31(24-36(4,5)46(7,8)42)30-18-19-33(32(22-30)38-45(6,40)41)44-26-27-14-11-10-12-15-27/h10-20,22,31,37-38,42H,9,21,23-26H2,1-8H3/t31-/m0/s1. The van der Waals surface area contributed by atoms with Gasteiger partial charge in [0.25, 0.3) is 0 Å². The summed E-state index contributed by atoms with van der Waals surface area (Å²) in [7, 11) is -6.13. The minimum Gasteiger partial charge on any atom is -0.487 e. The second-order valence-electron chi connectivity index (χ2n) is 14.0. The smallest absolute Gasteiger partial charge is 0.310 e. The molecule has 0 saturated carbocycles. The van der Waals surface area contributed by atoms with Gasteiger partial charge in [-0.1, -0.05) is 74.5 Å². The second-order valence-corrected chi connectivity index (χ2v) is 20.2. The zero-order valence-electron chi connectivity index (χ0n) is 28.6. The van der Waals surface area contributed by atoms with Crippen LogP contribution in [0.15, 0.2) is 72.8 Å². The average Bonchev–Trinajstić information content (AvgIpc) is 2.94. The SMILES string of the molecule is CCOC(=O)Cc1cccc(CC(C)(C)NC[C@H](CC(C)(C)[Si](C)(C)O)c2ccc(OCc3ccccc3)c(NS(C)(=O)=O)c2)c1. The van der Waals surface area contributed by atoms with E-state index in [1.807, 2.05) is 73.8 Å². The van der Waals surface area contributed by atoms with Gasteiger partial charge in [0.15, 0.2) is 8.32 Å². The largest absolute Gasteiger partial charge is 0.487 e. The summed E-state index contributed by atoms with van der Waals surface area (Å²) < 4.78 is 38.6. The molecule has 0 unspecified atom stereocenters. The lowest BCUT2D eigenvalue weighted by molar-refractivity contribution is -0.142. The van der Waals surface area contributed by atoms with Crippen LogP contribution >= 0.6 is 0 Å². The summed E-state index contributed by atoms with van der Waals surface area (Å²) >= 11 is 0. The minimum atomic E-state index is -3.58. The summed E-state index contributed by atoms with van der Waals surface area (Å²) in [6, 6.07) is 23.4. The molecular formula is C36H52N2O6SSi. The van der Waals surface area contributed by atoms with Gasteiger partial charge >= 0.3 is 5.97 Å². The van der Waals surface area contributed by atoms with Crippen molar-refractivity contribution in [2.45, 2.75) is 90.1 Å². The minimum absolute atomic E-state index is 0.0355. The Bertz CT molecular complexity index is 1550. The number of hydrogen-bond donors (Lipinski definition) is 3. The van der Waals surface area contributed by atoms with Gasteiger partial charge in [0.05, 0.1) is 25.0 Å². The number of carbonyl (C=O) groups is 1. The van der Waals surface area contributed by atoms with Gasteiger partial charge in [-0.3, -0.25) is 9.52 Å². The first-order valence-corrected chi connectivity index (χ1v) is 20.7. The van der Waals surface area contributed by atoms with E-state index in [9.17, 15) is 18.0 Å². The first kappa shape index (κ1) is 37.3. The molecule has 0 aliphatic rings. The molecule has 0 spiro atoms. The molecule has 3 rings (SSSR count). The number of esters is 1. The number of hydrogen-bond acceptors (Lipinski definition) is 7. The van der Waals surface area contributed by atoms with Crippen LogP contribution in [0.4, 0.5) is 5.69 Å². The molecule has 10 heteroatoms. The Balaban J connectivity index is 1.88. The van der Waals surface area contributed by atoms with Crippen LogP contribution in [0.3, 0.4) is 0 Å². The molecule has 3 aromatic carbocycles. The van der Waals surface area contributed by atoms with Crippen molar-refractivity contribution in [2.75, 3.05) is 24.1 Å². The summed E-state index contributed by atoms with van der Waals surface area (Å²) in [4.78, 5) is 23.2. The van der Waals surface area contributed by atoms with Crippen LogP contribution in [0.5, 0.6) is 5.75 Å². The maximum Gasteiger partial charge on any atom is 0.310 e. The van der Waals surface area contributed by atoms with Gasteiger partial charge in [-0.25, -0.2) is 8.42 Å². The van der Waals surface area contributed by atoms with Crippen molar-refractivity contribution in [1.29, 1.82) is 0 Å². The number of anilines is 1. The topological polar surface area (TPSA) is 114 Å². The van der Waals surface area contributed by atoms with Crippen LogP contribution < -0.4 is 14.8 Å². The first-order valence-electron chi connectivity index (χ1n) is 15.9. The van der Waals surface area contributed by atoms with Crippen molar-refractivity contribution in [3.8, 4) is 5.75 Å². The number of rotatable bonds is 17. The third kappa shape index (κ3) is 11.9. The molecule has 8 nitrogen and oxygen atoms in total. The van der Waals surface area contributed by atoms with Crippen molar-refractivity contribution in [1.82, 2.24) is 5.32 Å². The summed E-state index contributed by atoms with van der Waals surface area (Å²) in [6.45, 7) is 15.5. The molecule has 46 heavy (non-hydrogen) atoms. The Morgan fingerprint density at radius 2 is 1.59 bits per heavy atom. The Morgan fingerprint density at radius 3 is 2.22 bits per heavy atom. The zero-order chi connectivity index (χ0) is 34.2. The molecule has 3 aromatic rings. The monoisotopic (exact) mass is 668 g/mol. The number of benzene rings is 3. The maximum atomic E-state index is 12.4. The molecule has 0 saturated heterocycles. The van der Waals surface area contributed by atoms with Crippen LogP contribution in [0.25, 0.3) is 0 Å². The summed E-state index contributed by atoms with van der Waals surface area (Å²) in [5.74, 6) is 0.176. The van der Waals surface area contributed by atoms with Crippen LogP contribution in [0, 0.1) is 0 Å². The Kier molecular flexibility index (Phi) is 12.6. The van der Waals surface area contributed by atoms with Crippen molar-refractivity contribution in [3.63, 3.8) is 0 Å². The molecule has 0 aromatic heterocycles. The van der Waals surface area contributed by atoms with Crippen LogP contribution in [0.2, 0.25) is 18.1 Å². The maximum absolute atomic E-state index is 12.4. The number of sulfonamides is 1. The molecule has 0 heterocycles. The fourth-order valence-electron chi connectivity index (χ4n) is 5.32.